The Morgan fingerprint density at radius 1 is 1.09 bits per heavy atom. The fraction of sp³-hybridized carbons (Fsp3) is 0.750. The van der Waals surface area contributed by atoms with E-state index in [4.69, 9.17) is 0 Å². The lowest BCUT2D eigenvalue weighted by molar-refractivity contribution is -0.138. The van der Waals surface area contributed by atoms with E-state index in [2.05, 4.69) is 0 Å². The highest BCUT2D eigenvalue weighted by Gasteiger charge is 2.13. The predicted octanol–water partition coefficient (Wildman–Crippen LogP) is 0.588. The molecular weight excluding hydrogens is 142 g/mol. The van der Waals surface area contributed by atoms with E-state index >= 15 is 0 Å². The summed E-state index contributed by atoms with van der Waals surface area (Å²) in [6.45, 7) is 1.52. The molecule has 1 heterocycles. The van der Waals surface area contributed by atoms with Crippen LogP contribution in [0.1, 0.15) is 25.7 Å². The molecule has 0 aromatic rings. The van der Waals surface area contributed by atoms with Crippen LogP contribution in [0.25, 0.3) is 0 Å². The van der Waals surface area contributed by atoms with Gasteiger partial charge in [-0.15, -0.1) is 0 Å². The molecule has 0 aliphatic carbocycles. The van der Waals surface area contributed by atoms with Gasteiger partial charge in [-0.1, -0.05) is 12.8 Å². The fourth-order valence-corrected chi connectivity index (χ4v) is 1.37. The van der Waals surface area contributed by atoms with Crippen LogP contribution in [-0.2, 0) is 9.59 Å². The van der Waals surface area contributed by atoms with E-state index in [1.165, 1.54) is 12.8 Å². The number of hydrogen-bond donors (Lipinski definition) is 0. The van der Waals surface area contributed by atoms with E-state index in [0.717, 1.165) is 25.9 Å². The first-order valence-electron chi connectivity index (χ1n) is 4.08. The second-order valence-electron chi connectivity index (χ2n) is 2.86. The maximum absolute atomic E-state index is 10.9. The van der Waals surface area contributed by atoms with Gasteiger partial charge in [0, 0.05) is 13.1 Å². The third-order valence-electron chi connectivity index (χ3n) is 2.02. The van der Waals surface area contributed by atoms with Crippen LogP contribution >= 0.6 is 0 Å². The van der Waals surface area contributed by atoms with Crippen molar-refractivity contribution in [3.8, 4) is 0 Å². The SMILES string of the molecule is O=CC(=O)N1CCCCCC1. The summed E-state index contributed by atoms with van der Waals surface area (Å²) in [5.41, 5.74) is 0. The van der Waals surface area contributed by atoms with Gasteiger partial charge >= 0.3 is 0 Å². The lowest BCUT2D eigenvalue weighted by Crippen LogP contribution is -2.32. The van der Waals surface area contributed by atoms with Crippen LogP contribution in [0.5, 0.6) is 0 Å². The van der Waals surface area contributed by atoms with Crippen molar-refractivity contribution in [3.05, 3.63) is 0 Å². The van der Waals surface area contributed by atoms with Crippen molar-refractivity contribution in [2.45, 2.75) is 25.7 Å². The molecule has 0 unspecified atom stereocenters. The first-order valence-corrected chi connectivity index (χ1v) is 4.08. The first kappa shape index (κ1) is 8.24. The summed E-state index contributed by atoms with van der Waals surface area (Å²) in [4.78, 5) is 22.6. The molecule has 0 saturated carbocycles. The van der Waals surface area contributed by atoms with Crippen LogP contribution in [0.15, 0.2) is 0 Å². The topological polar surface area (TPSA) is 37.4 Å². The number of rotatable bonds is 1. The normalized spacial score (nSPS) is 19.1. The highest BCUT2D eigenvalue weighted by atomic mass is 16.2. The number of likely N-dealkylation sites (tertiary alicyclic amines) is 1. The molecule has 0 aromatic carbocycles. The van der Waals surface area contributed by atoms with Gasteiger partial charge in [0.1, 0.15) is 0 Å². The minimum atomic E-state index is -0.355. The Morgan fingerprint density at radius 3 is 2.09 bits per heavy atom. The zero-order valence-electron chi connectivity index (χ0n) is 6.58. The molecule has 0 bridgehead atoms. The molecule has 0 atom stereocenters. The number of carbonyl (C=O) groups is 2. The first-order chi connectivity index (χ1) is 5.34. The molecule has 3 heteroatoms. The molecule has 0 aromatic heterocycles. The van der Waals surface area contributed by atoms with Gasteiger partial charge in [-0.05, 0) is 12.8 Å². The van der Waals surface area contributed by atoms with Gasteiger partial charge in [0.05, 0.1) is 0 Å². The van der Waals surface area contributed by atoms with E-state index < -0.39 is 0 Å². The average Bonchev–Trinajstić information content (AvgIpc) is 2.30. The van der Waals surface area contributed by atoms with E-state index in [9.17, 15) is 9.59 Å². The quantitative estimate of drug-likeness (QED) is 0.410. The molecule has 1 saturated heterocycles. The Bertz CT molecular complexity index is 148. The second-order valence-corrected chi connectivity index (χ2v) is 2.86. The van der Waals surface area contributed by atoms with Crippen LogP contribution in [0.3, 0.4) is 0 Å². The second kappa shape index (κ2) is 4.11. The van der Waals surface area contributed by atoms with Gasteiger partial charge in [-0.3, -0.25) is 9.59 Å². The predicted molar refractivity (Wildman–Crippen MR) is 41.1 cm³/mol. The zero-order valence-corrected chi connectivity index (χ0v) is 6.58. The lowest BCUT2D eigenvalue weighted by atomic mass is 10.2. The molecule has 0 radical (unpaired) electrons. The molecule has 1 fully saturated rings. The molecule has 62 valence electrons. The molecule has 1 aliphatic rings. The number of aldehydes is 1. The van der Waals surface area contributed by atoms with Gasteiger partial charge in [0.2, 0.25) is 6.29 Å². The number of hydrogen-bond acceptors (Lipinski definition) is 2. The Morgan fingerprint density at radius 2 is 1.64 bits per heavy atom. The summed E-state index contributed by atoms with van der Waals surface area (Å²) in [7, 11) is 0. The molecule has 11 heavy (non-hydrogen) atoms. The summed E-state index contributed by atoms with van der Waals surface area (Å²) < 4.78 is 0. The largest absolute Gasteiger partial charge is 0.336 e. The van der Waals surface area contributed by atoms with Gasteiger partial charge in [-0.25, -0.2) is 0 Å². The molecule has 1 aliphatic heterocycles. The van der Waals surface area contributed by atoms with Gasteiger partial charge < -0.3 is 4.90 Å². The standard InChI is InChI=1S/C8H13NO2/c10-7-8(11)9-5-3-1-2-4-6-9/h7H,1-6H2. The molecule has 3 nitrogen and oxygen atoms in total. The van der Waals surface area contributed by atoms with Crippen molar-refractivity contribution in [2.75, 3.05) is 13.1 Å². The Kier molecular flexibility index (Phi) is 3.08. The smallest absolute Gasteiger partial charge is 0.286 e. The summed E-state index contributed by atoms with van der Waals surface area (Å²) >= 11 is 0. The molecular formula is C8H13NO2. The van der Waals surface area contributed by atoms with E-state index in [0.29, 0.717) is 6.29 Å². The Balaban J connectivity index is 2.42. The Hall–Kier alpha value is -0.860. The maximum atomic E-state index is 10.9. The summed E-state index contributed by atoms with van der Waals surface area (Å²) in [5.74, 6) is -0.355. The minimum Gasteiger partial charge on any atom is -0.336 e. The van der Waals surface area contributed by atoms with Gasteiger partial charge in [0.25, 0.3) is 5.91 Å². The molecule has 0 N–H and O–H groups in total. The van der Waals surface area contributed by atoms with Crippen molar-refractivity contribution in [1.29, 1.82) is 0 Å². The van der Waals surface area contributed by atoms with E-state index in [-0.39, 0.29) is 5.91 Å². The third kappa shape index (κ3) is 2.33. The zero-order chi connectivity index (χ0) is 8.10. The molecule has 1 rings (SSSR count). The lowest BCUT2D eigenvalue weighted by Gasteiger charge is -2.16. The maximum Gasteiger partial charge on any atom is 0.286 e. The van der Waals surface area contributed by atoms with Crippen molar-refractivity contribution in [2.24, 2.45) is 0 Å². The van der Waals surface area contributed by atoms with Crippen molar-refractivity contribution in [1.82, 2.24) is 4.90 Å². The van der Waals surface area contributed by atoms with Crippen LogP contribution < -0.4 is 0 Å². The summed E-state index contributed by atoms with van der Waals surface area (Å²) in [6, 6.07) is 0. The van der Waals surface area contributed by atoms with Crippen LogP contribution in [0.2, 0.25) is 0 Å². The van der Waals surface area contributed by atoms with E-state index in [1.807, 2.05) is 0 Å². The molecule has 0 spiro atoms. The monoisotopic (exact) mass is 155 g/mol. The minimum absolute atomic E-state index is 0.355. The summed E-state index contributed by atoms with van der Waals surface area (Å²) in [5, 5.41) is 0. The van der Waals surface area contributed by atoms with E-state index in [1.54, 1.807) is 4.90 Å². The van der Waals surface area contributed by atoms with Crippen LogP contribution in [0.4, 0.5) is 0 Å². The number of amides is 1. The van der Waals surface area contributed by atoms with Crippen LogP contribution in [-0.4, -0.2) is 30.2 Å². The molecule has 1 amide bonds. The average molecular weight is 155 g/mol. The van der Waals surface area contributed by atoms with Crippen LogP contribution in [0, 0.1) is 0 Å². The summed E-state index contributed by atoms with van der Waals surface area (Å²) in [6.07, 6.45) is 4.86. The highest BCUT2D eigenvalue weighted by Crippen LogP contribution is 2.08. The van der Waals surface area contributed by atoms with Crippen molar-refractivity contribution in [3.63, 3.8) is 0 Å². The van der Waals surface area contributed by atoms with Gasteiger partial charge in [-0.2, -0.15) is 0 Å². The Labute approximate surface area is 66.4 Å². The van der Waals surface area contributed by atoms with Crippen molar-refractivity contribution >= 4 is 12.2 Å². The third-order valence-corrected chi connectivity index (χ3v) is 2.02. The van der Waals surface area contributed by atoms with Gasteiger partial charge in [0.15, 0.2) is 0 Å². The highest BCUT2D eigenvalue weighted by molar-refractivity contribution is 6.23. The number of nitrogens with zero attached hydrogens (tertiary/aromatic N) is 1. The fourth-order valence-electron chi connectivity index (χ4n) is 1.37. The van der Waals surface area contributed by atoms with Crippen molar-refractivity contribution < 1.29 is 9.59 Å². The number of carbonyl (C=O) groups excluding carboxylic acids is 2.